The lowest BCUT2D eigenvalue weighted by molar-refractivity contribution is -0.114. The second-order valence-corrected chi connectivity index (χ2v) is 9.30. The van der Waals surface area contributed by atoms with E-state index in [1.54, 1.807) is 30.3 Å². The Labute approximate surface area is 175 Å². The first-order chi connectivity index (χ1) is 13.4. The quantitative estimate of drug-likeness (QED) is 0.539. The van der Waals surface area contributed by atoms with E-state index < -0.39 is 28.3 Å². The average molecular weight is 508 g/mol. The molecule has 1 amide bonds. The fraction of sp³-hybridized carbons (Fsp3) is 0.0500. The summed E-state index contributed by atoms with van der Waals surface area (Å²) >= 11 is 2.15. The summed E-state index contributed by atoms with van der Waals surface area (Å²) < 4.78 is 42.1. The minimum absolute atomic E-state index is 0.0511. The predicted octanol–water partition coefficient (Wildman–Crippen LogP) is 4.24. The Balaban J connectivity index is 1.72. The summed E-state index contributed by atoms with van der Waals surface area (Å²) in [6, 6.07) is 17.4. The molecule has 0 radical (unpaired) electrons. The molecule has 0 atom stereocenters. The van der Waals surface area contributed by atoms with Crippen LogP contribution in [-0.2, 0) is 14.8 Å². The Kier molecular flexibility index (Phi) is 4.84. The maximum absolute atomic E-state index is 13.8. The minimum Gasteiger partial charge on any atom is -0.325 e. The van der Waals surface area contributed by atoms with Crippen LogP contribution in [0.5, 0.6) is 0 Å². The summed E-state index contributed by atoms with van der Waals surface area (Å²) in [7, 11) is -3.95. The molecule has 0 aliphatic carbocycles. The summed E-state index contributed by atoms with van der Waals surface area (Å²) in [5.74, 6) is -0.962. The van der Waals surface area contributed by atoms with Gasteiger partial charge in [0.05, 0.1) is 10.6 Å². The van der Waals surface area contributed by atoms with Crippen LogP contribution in [0.15, 0.2) is 71.6 Å². The highest BCUT2D eigenvalue weighted by molar-refractivity contribution is 14.1. The number of hydrogen-bond donors (Lipinski definition) is 1. The predicted molar refractivity (Wildman–Crippen MR) is 114 cm³/mol. The Hall–Kier alpha value is -2.46. The van der Waals surface area contributed by atoms with Gasteiger partial charge in [0.1, 0.15) is 12.4 Å². The van der Waals surface area contributed by atoms with Crippen LogP contribution in [0.4, 0.5) is 15.8 Å². The van der Waals surface area contributed by atoms with Crippen molar-refractivity contribution in [2.24, 2.45) is 0 Å². The molecule has 0 bridgehead atoms. The van der Waals surface area contributed by atoms with Gasteiger partial charge in [-0.25, -0.2) is 12.8 Å². The van der Waals surface area contributed by atoms with Gasteiger partial charge in [0.2, 0.25) is 5.91 Å². The van der Waals surface area contributed by atoms with Gasteiger partial charge in [-0.05, 0) is 71.1 Å². The Morgan fingerprint density at radius 2 is 1.71 bits per heavy atom. The molecule has 28 heavy (non-hydrogen) atoms. The number of halogens is 2. The Bertz CT molecular complexity index is 1180. The van der Waals surface area contributed by atoms with Crippen molar-refractivity contribution in [2.75, 3.05) is 16.2 Å². The van der Waals surface area contributed by atoms with E-state index in [4.69, 9.17) is 0 Å². The van der Waals surface area contributed by atoms with Crippen molar-refractivity contribution >= 4 is 49.9 Å². The van der Waals surface area contributed by atoms with Gasteiger partial charge < -0.3 is 5.32 Å². The van der Waals surface area contributed by atoms with Crippen LogP contribution in [0.3, 0.4) is 0 Å². The van der Waals surface area contributed by atoms with E-state index in [1.807, 2.05) is 12.1 Å². The normalized spacial score (nSPS) is 14.1. The fourth-order valence-electron chi connectivity index (χ4n) is 3.14. The molecule has 0 saturated carbocycles. The molecule has 1 aliphatic rings. The SMILES string of the molecule is O=C(CN1c2ccc(F)cc2-c2ccccc2S1(=O)=O)Nc1ccc(I)cc1. The van der Waals surface area contributed by atoms with E-state index in [1.165, 1.54) is 24.3 Å². The van der Waals surface area contributed by atoms with Crippen molar-refractivity contribution in [3.8, 4) is 11.1 Å². The molecule has 1 N–H and O–H groups in total. The van der Waals surface area contributed by atoms with Crippen LogP contribution >= 0.6 is 22.6 Å². The highest BCUT2D eigenvalue weighted by atomic mass is 127. The molecule has 4 rings (SSSR count). The molecule has 8 heteroatoms. The molecule has 0 saturated heterocycles. The molecule has 1 aliphatic heterocycles. The zero-order valence-corrected chi connectivity index (χ0v) is 17.4. The first-order valence-corrected chi connectivity index (χ1v) is 10.9. The highest BCUT2D eigenvalue weighted by Crippen LogP contribution is 2.43. The molecule has 0 aromatic heterocycles. The first-order valence-electron chi connectivity index (χ1n) is 8.33. The van der Waals surface area contributed by atoms with Crippen molar-refractivity contribution in [1.82, 2.24) is 0 Å². The van der Waals surface area contributed by atoms with Gasteiger partial charge in [-0.15, -0.1) is 0 Å². The van der Waals surface area contributed by atoms with E-state index in [0.717, 1.165) is 7.88 Å². The third kappa shape index (κ3) is 3.37. The summed E-state index contributed by atoms with van der Waals surface area (Å²) in [5.41, 5.74) is 1.70. The van der Waals surface area contributed by atoms with Crippen molar-refractivity contribution in [2.45, 2.75) is 4.90 Å². The lowest BCUT2D eigenvalue weighted by atomic mass is 10.0. The standard InChI is InChI=1S/C20H14FIN2O3S/c21-13-5-10-18-17(11-13)16-3-1-2-4-19(16)28(26,27)24(18)12-20(25)23-15-8-6-14(22)7-9-15/h1-11H,12H2,(H,23,25). The lowest BCUT2D eigenvalue weighted by Gasteiger charge is -2.31. The number of carbonyl (C=O) groups excluding carboxylic acids is 1. The number of anilines is 2. The largest absolute Gasteiger partial charge is 0.325 e. The Morgan fingerprint density at radius 1 is 1.00 bits per heavy atom. The van der Waals surface area contributed by atoms with Gasteiger partial charge in [-0.1, -0.05) is 18.2 Å². The molecular weight excluding hydrogens is 494 g/mol. The summed E-state index contributed by atoms with van der Waals surface area (Å²) in [5, 5.41) is 2.70. The molecule has 5 nitrogen and oxygen atoms in total. The molecule has 0 unspecified atom stereocenters. The van der Waals surface area contributed by atoms with Crippen molar-refractivity contribution in [3.63, 3.8) is 0 Å². The number of hydrogen-bond acceptors (Lipinski definition) is 3. The monoisotopic (exact) mass is 508 g/mol. The number of sulfonamides is 1. The topological polar surface area (TPSA) is 66.5 Å². The van der Waals surface area contributed by atoms with Crippen LogP contribution < -0.4 is 9.62 Å². The molecule has 3 aromatic carbocycles. The second kappa shape index (κ2) is 7.17. The number of carbonyl (C=O) groups is 1. The van der Waals surface area contributed by atoms with Gasteiger partial charge in [-0.3, -0.25) is 9.10 Å². The van der Waals surface area contributed by atoms with Crippen LogP contribution in [0.2, 0.25) is 0 Å². The van der Waals surface area contributed by atoms with Gasteiger partial charge in [0.15, 0.2) is 0 Å². The number of amides is 1. The van der Waals surface area contributed by atoms with Crippen molar-refractivity contribution in [1.29, 1.82) is 0 Å². The second-order valence-electron chi connectivity index (χ2n) is 6.22. The van der Waals surface area contributed by atoms with Crippen molar-refractivity contribution < 1.29 is 17.6 Å². The van der Waals surface area contributed by atoms with E-state index >= 15 is 0 Å². The zero-order chi connectivity index (χ0) is 19.9. The van der Waals surface area contributed by atoms with Gasteiger partial charge in [0.25, 0.3) is 10.0 Å². The summed E-state index contributed by atoms with van der Waals surface area (Å²) in [4.78, 5) is 12.6. The number of fused-ring (bicyclic) bond motifs is 3. The van der Waals surface area contributed by atoms with Crippen LogP contribution in [-0.4, -0.2) is 20.9 Å². The number of benzene rings is 3. The maximum Gasteiger partial charge on any atom is 0.265 e. The van der Waals surface area contributed by atoms with Crippen LogP contribution in [0.1, 0.15) is 0 Å². The smallest absolute Gasteiger partial charge is 0.265 e. The summed E-state index contributed by atoms with van der Waals surface area (Å²) in [6.45, 7) is -0.415. The number of nitrogens with one attached hydrogen (secondary N) is 1. The number of nitrogens with zero attached hydrogens (tertiary/aromatic N) is 1. The van der Waals surface area contributed by atoms with Crippen LogP contribution in [0, 0.1) is 9.39 Å². The third-order valence-corrected chi connectivity index (χ3v) is 6.92. The number of rotatable bonds is 3. The molecule has 0 spiro atoms. The fourth-order valence-corrected chi connectivity index (χ4v) is 5.15. The van der Waals surface area contributed by atoms with Gasteiger partial charge in [0, 0.05) is 20.4 Å². The maximum atomic E-state index is 13.8. The minimum atomic E-state index is -3.95. The van der Waals surface area contributed by atoms with Crippen molar-refractivity contribution in [3.05, 3.63) is 76.1 Å². The molecule has 1 heterocycles. The van der Waals surface area contributed by atoms with Crippen LogP contribution in [0.25, 0.3) is 11.1 Å². The van der Waals surface area contributed by atoms with Gasteiger partial charge >= 0.3 is 0 Å². The van der Waals surface area contributed by atoms with Gasteiger partial charge in [-0.2, -0.15) is 0 Å². The third-order valence-electron chi connectivity index (χ3n) is 4.39. The van der Waals surface area contributed by atoms with E-state index in [0.29, 0.717) is 16.8 Å². The zero-order valence-electron chi connectivity index (χ0n) is 14.4. The van der Waals surface area contributed by atoms with E-state index in [2.05, 4.69) is 27.9 Å². The van der Waals surface area contributed by atoms with E-state index in [9.17, 15) is 17.6 Å². The first kappa shape index (κ1) is 18.9. The highest BCUT2D eigenvalue weighted by Gasteiger charge is 2.36. The summed E-state index contributed by atoms with van der Waals surface area (Å²) in [6.07, 6.45) is 0. The Morgan fingerprint density at radius 3 is 2.46 bits per heavy atom. The molecule has 142 valence electrons. The lowest BCUT2D eigenvalue weighted by Crippen LogP contribution is -2.40. The van der Waals surface area contributed by atoms with E-state index in [-0.39, 0.29) is 10.6 Å². The molecule has 0 fully saturated rings. The average Bonchev–Trinajstić information content (AvgIpc) is 2.67. The molecule has 3 aromatic rings. The molecular formula is C20H14FIN2O3S.